The molecule has 100 valence electrons. The average Bonchev–Trinajstić information content (AvgIpc) is 2.44. The van der Waals surface area contributed by atoms with E-state index in [4.69, 9.17) is 0 Å². The standard InChI is InChI=1S/C15H23NOS/c1-10(2)16-13-6-5-9-18(17)15-12(4)8-7-11(3)14(13)15/h7-8,10,13,16H,5-6,9H2,1-4H3. The van der Waals surface area contributed by atoms with Gasteiger partial charge in [0, 0.05) is 22.7 Å². The van der Waals surface area contributed by atoms with Crippen LogP contribution in [-0.2, 0) is 10.8 Å². The van der Waals surface area contributed by atoms with Crippen molar-refractivity contribution in [3.8, 4) is 0 Å². The summed E-state index contributed by atoms with van der Waals surface area (Å²) in [4.78, 5) is 1.09. The molecule has 0 amide bonds. The third kappa shape index (κ3) is 2.67. The van der Waals surface area contributed by atoms with Crippen LogP contribution >= 0.6 is 0 Å². The SMILES string of the molecule is Cc1ccc(C)c2c1C(NC(C)C)CCCS2=O. The van der Waals surface area contributed by atoms with E-state index in [0.29, 0.717) is 12.1 Å². The van der Waals surface area contributed by atoms with E-state index < -0.39 is 10.8 Å². The van der Waals surface area contributed by atoms with Crippen molar-refractivity contribution in [3.63, 3.8) is 0 Å². The van der Waals surface area contributed by atoms with E-state index in [-0.39, 0.29) is 0 Å². The number of hydrogen-bond acceptors (Lipinski definition) is 2. The molecule has 0 fully saturated rings. The highest BCUT2D eigenvalue weighted by molar-refractivity contribution is 7.85. The predicted octanol–water partition coefficient (Wildman–Crippen LogP) is 3.24. The van der Waals surface area contributed by atoms with E-state index in [2.05, 4.69) is 45.1 Å². The fourth-order valence-corrected chi connectivity index (χ4v) is 4.38. The van der Waals surface area contributed by atoms with Crippen LogP contribution in [0.25, 0.3) is 0 Å². The normalized spacial score (nSPS) is 23.8. The number of aryl methyl sites for hydroxylation is 2. The highest BCUT2D eigenvalue weighted by atomic mass is 32.2. The van der Waals surface area contributed by atoms with Crippen LogP contribution in [0.5, 0.6) is 0 Å². The van der Waals surface area contributed by atoms with Crippen molar-refractivity contribution in [2.75, 3.05) is 5.75 Å². The van der Waals surface area contributed by atoms with Crippen molar-refractivity contribution in [1.82, 2.24) is 5.32 Å². The molecule has 1 aliphatic rings. The van der Waals surface area contributed by atoms with Gasteiger partial charge in [-0.15, -0.1) is 0 Å². The molecule has 2 nitrogen and oxygen atoms in total. The zero-order valence-electron chi connectivity index (χ0n) is 11.7. The van der Waals surface area contributed by atoms with E-state index in [0.717, 1.165) is 23.5 Å². The van der Waals surface area contributed by atoms with E-state index >= 15 is 0 Å². The molecule has 0 spiro atoms. The summed E-state index contributed by atoms with van der Waals surface area (Å²) in [5.74, 6) is 0.799. The van der Waals surface area contributed by atoms with Crippen LogP contribution < -0.4 is 5.32 Å². The maximum absolute atomic E-state index is 12.4. The Labute approximate surface area is 113 Å². The fourth-order valence-electron chi connectivity index (χ4n) is 2.78. The van der Waals surface area contributed by atoms with Crippen LogP contribution in [0, 0.1) is 13.8 Å². The van der Waals surface area contributed by atoms with Crippen LogP contribution in [0.2, 0.25) is 0 Å². The summed E-state index contributed by atoms with van der Waals surface area (Å²) in [6.07, 6.45) is 2.12. The molecule has 0 aromatic heterocycles. The molecule has 3 heteroatoms. The minimum absolute atomic E-state index is 0.353. The Hall–Kier alpha value is -0.670. The van der Waals surface area contributed by atoms with Crippen LogP contribution in [0.15, 0.2) is 17.0 Å². The van der Waals surface area contributed by atoms with Gasteiger partial charge in [-0.2, -0.15) is 0 Å². The Morgan fingerprint density at radius 2 is 1.94 bits per heavy atom. The first-order valence-electron chi connectivity index (χ1n) is 6.75. The van der Waals surface area contributed by atoms with Gasteiger partial charge in [-0.25, -0.2) is 0 Å². The quantitative estimate of drug-likeness (QED) is 0.889. The second-order valence-corrected chi connectivity index (χ2v) is 7.02. The van der Waals surface area contributed by atoms with Crippen molar-refractivity contribution in [3.05, 3.63) is 28.8 Å². The summed E-state index contributed by atoms with van der Waals surface area (Å²) in [5, 5.41) is 3.63. The Kier molecular flexibility index (Phi) is 4.23. The summed E-state index contributed by atoms with van der Waals surface area (Å²) >= 11 is 0. The molecule has 2 rings (SSSR count). The molecule has 1 N–H and O–H groups in total. The summed E-state index contributed by atoms with van der Waals surface area (Å²) in [6, 6.07) is 5.07. The van der Waals surface area contributed by atoms with Gasteiger partial charge in [-0.1, -0.05) is 26.0 Å². The maximum atomic E-state index is 12.4. The number of hydrogen-bond donors (Lipinski definition) is 1. The molecular formula is C15H23NOS. The van der Waals surface area contributed by atoms with Crippen molar-refractivity contribution < 1.29 is 4.21 Å². The molecule has 18 heavy (non-hydrogen) atoms. The molecule has 0 bridgehead atoms. The Bertz CT molecular complexity index is 468. The lowest BCUT2D eigenvalue weighted by atomic mass is 9.95. The van der Waals surface area contributed by atoms with Crippen LogP contribution in [-0.4, -0.2) is 16.0 Å². The minimum Gasteiger partial charge on any atom is -0.308 e. The zero-order valence-corrected chi connectivity index (χ0v) is 12.6. The Balaban J connectivity index is 2.54. The molecule has 0 aliphatic carbocycles. The number of nitrogens with one attached hydrogen (secondary N) is 1. The van der Waals surface area contributed by atoms with E-state index in [9.17, 15) is 4.21 Å². The van der Waals surface area contributed by atoms with Gasteiger partial charge in [0.05, 0.1) is 10.8 Å². The lowest BCUT2D eigenvalue weighted by Crippen LogP contribution is -2.29. The van der Waals surface area contributed by atoms with E-state index in [1.54, 1.807) is 0 Å². The van der Waals surface area contributed by atoms with Gasteiger partial charge in [0.15, 0.2) is 0 Å². The fraction of sp³-hybridized carbons (Fsp3) is 0.600. The molecular weight excluding hydrogens is 242 g/mol. The van der Waals surface area contributed by atoms with Crippen LogP contribution in [0.3, 0.4) is 0 Å². The van der Waals surface area contributed by atoms with Gasteiger partial charge >= 0.3 is 0 Å². The second kappa shape index (κ2) is 5.54. The third-order valence-corrected chi connectivity index (χ3v) is 5.20. The molecule has 2 unspecified atom stereocenters. The van der Waals surface area contributed by atoms with Crippen molar-refractivity contribution in [2.45, 2.75) is 57.5 Å². The molecule has 0 saturated carbocycles. The zero-order chi connectivity index (χ0) is 13.3. The number of fused-ring (bicyclic) bond motifs is 1. The largest absolute Gasteiger partial charge is 0.308 e. The maximum Gasteiger partial charge on any atom is 0.0535 e. The Morgan fingerprint density at radius 3 is 2.61 bits per heavy atom. The lowest BCUT2D eigenvalue weighted by molar-refractivity contribution is 0.446. The lowest BCUT2D eigenvalue weighted by Gasteiger charge is -2.24. The molecule has 1 aliphatic heterocycles. The summed E-state index contributed by atoms with van der Waals surface area (Å²) in [6.45, 7) is 8.56. The monoisotopic (exact) mass is 265 g/mol. The molecule has 0 saturated heterocycles. The summed E-state index contributed by atoms with van der Waals surface area (Å²) in [5.41, 5.74) is 3.73. The molecule has 1 aromatic carbocycles. The second-order valence-electron chi connectivity index (χ2n) is 5.51. The van der Waals surface area contributed by atoms with Gasteiger partial charge < -0.3 is 5.32 Å². The third-order valence-electron chi connectivity index (χ3n) is 3.54. The van der Waals surface area contributed by atoms with Gasteiger partial charge in [0.1, 0.15) is 0 Å². The highest BCUT2D eigenvalue weighted by Crippen LogP contribution is 2.34. The van der Waals surface area contributed by atoms with E-state index in [1.807, 2.05) is 0 Å². The van der Waals surface area contributed by atoms with Crippen LogP contribution in [0.1, 0.15) is 49.4 Å². The first kappa shape index (κ1) is 13.8. The summed E-state index contributed by atoms with van der Waals surface area (Å²) < 4.78 is 12.4. The average molecular weight is 265 g/mol. The molecule has 2 atom stereocenters. The highest BCUT2D eigenvalue weighted by Gasteiger charge is 2.25. The van der Waals surface area contributed by atoms with Crippen molar-refractivity contribution in [2.24, 2.45) is 0 Å². The van der Waals surface area contributed by atoms with Crippen molar-refractivity contribution >= 4 is 10.8 Å². The molecule has 1 aromatic rings. The van der Waals surface area contributed by atoms with Crippen LogP contribution in [0.4, 0.5) is 0 Å². The smallest absolute Gasteiger partial charge is 0.0535 e. The topological polar surface area (TPSA) is 29.1 Å². The number of rotatable bonds is 2. The van der Waals surface area contributed by atoms with Gasteiger partial charge in [-0.3, -0.25) is 4.21 Å². The van der Waals surface area contributed by atoms with Crippen molar-refractivity contribution in [1.29, 1.82) is 0 Å². The van der Waals surface area contributed by atoms with Gasteiger partial charge in [0.25, 0.3) is 0 Å². The van der Waals surface area contributed by atoms with E-state index in [1.165, 1.54) is 16.7 Å². The first-order chi connectivity index (χ1) is 8.50. The predicted molar refractivity (Wildman–Crippen MR) is 77.4 cm³/mol. The molecule has 0 radical (unpaired) electrons. The van der Waals surface area contributed by atoms with Gasteiger partial charge in [0.2, 0.25) is 0 Å². The van der Waals surface area contributed by atoms with Gasteiger partial charge in [-0.05, 0) is 43.4 Å². The minimum atomic E-state index is -0.830. The number of benzene rings is 1. The summed E-state index contributed by atoms with van der Waals surface area (Å²) in [7, 11) is -0.830. The molecule has 1 heterocycles. The Morgan fingerprint density at radius 1 is 1.28 bits per heavy atom. The first-order valence-corrected chi connectivity index (χ1v) is 8.07.